The maximum absolute atomic E-state index is 4.36. The summed E-state index contributed by atoms with van der Waals surface area (Å²) in [5.74, 6) is 0.535. The standard InChI is InChI=1S/C16H22N2S/c1-3-9-17-11-15(14-7-5-4-6-8-14)10-16-12-18-13(2)19-16/h4-8,12,15,17H,3,9-11H2,1-2H3. The highest BCUT2D eigenvalue weighted by Gasteiger charge is 2.13. The van der Waals surface area contributed by atoms with E-state index in [4.69, 9.17) is 0 Å². The Bertz CT molecular complexity index is 479. The molecule has 1 unspecified atom stereocenters. The van der Waals surface area contributed by atoms with Gasteiger partial charge >= 0.3 is 0 Å². The van der Waals surface area contributed by atoms with Crippen molar-refractivity contribution in [1.82, 2.24) is 10.3 Å². The molecular formula is C16H22N2S. The highest BCUT2D eigenvalue weighted by Crippen LogP contribution is 2.23. The molecule has 2 nitrogen and oxygen atoms in total. The molecule has 1 aromatic carbocycles. The molecule has 0 saturated carbocycles. The van der Waals surface area contributed by atoms with Crippen LogP contribution in [0.25, 0.3) is 0 Å². The zero-order valence-corrected chi connectivity index (χ0v) is 12.5. The van der Waals surface area contributed by atoms with Crippen molar-refractivity contribution in [2.45, 2.75) is 32.6 Å². The Morgan fingerprint density at radius 1 is 1.26 bits per heavy atom. The number of thiazole rings is 1. The molecule has 1 heterocycles. The average molecular weight is 274 g/mol. The summed E-state index contributed by atoms with van der Waals surface area (Å²) in [7, 11) is 0. The van der Waals surface area contributed by atoms with Gasteiger partial charge in [-0.2, -0.15) is 0 Å². The van der Waals surface area contributed by atoms with Crippen molar-refractivity contribution in [2.24, 2.45) is 0 Å². The van der Waals surface area contributed by atoms with Crippen molar-refractivity contribution in [1.29, 1.82) is 0 Å². The number of nitrogens with one attached hydrogen (secondary N) is 1. The van der Waals surface area contributed by atoms with Crippen LogP contribution in [0.5, 0.6) is 0 Å². The van der Waals surface area contributed by atoms with Gasteiger partial charge in [0.25, 0.3) is 0 Å². The van der Waals surface area contributed by atoms with Crippen molar-refractivity contribution in [3.8, 4) is 0 Å². The van der Waals surface area contributed by atoms with Crippen LogP contribution in [0.3, 0.4) is 0 Å². The topological polar surface area (TPSA) is 24.9 Å². The predicted molar refractivity (Wildman–Crippen MR) is 82.9 cm³/mol. The molecule has 0 aliphatic heterocycles. The zero-order chi connectivity index (χ0) is 13.5. The molecule has 0 amide bonds. The van der Waals surface area contributed by atoms with Crippen LogP contribution in [0.2, 0.25) is 0 Å². The van der Waals surface area contributed by atoms with E-state index < -0.39 is 0 Å². The summed E-state index contributed by atoms with van der Waals surface area (Å²) in [6.45, 7) is 6.40. The molecule has 0 radical (unpaired) electrons. The van der Waals surface area contributed by atoms with Crippen molar-refractivity contribution < 1.29 is 0 Å². The van der Waals surface area contributed by atoms with Gasteiger partial charge in [0.05, 0.1) is 5.01 Å². The van der Waals surface area contributed by atoms with Crippen molar-refractivity contribution in [2.75, 3.05) is 13.1 Å². The van der Waals surface area contributed by atoms with Gasteiger partial charge in [0.1, 0.15) is 0 Å². The third-order valence-electron chi connectivity index (χ3n) is 3.21. The predicted octanol–water partition coefficient (Wildman–Crippen LogP) is 3.78. The Labute approximate surface area is 119 Å². The molecule has 0 fully saturated rings. The molecule has 0 aliphatic rings. The van der Waals surface area contributed by atoms with E-state index in [0.29, 0.717) is 5.92 Å². The zero-order valence-electron chi connectivity index (χ0n) is 11.7. The second kappa shape index (κ2) is 7.41. The van der Waals surface area contributed by atoms with E-state index in [2.05, 4.69) is 54.5 Å². The molecule has 1 aromatic heterocycles. The highest BCUT2D eigenvalue weighted by molar-refractivity contribution is 7.11. The first-order valence-corrected chi connectivity index (χ1v) is 7.78. The van der Waals surface area contributed by atoms with E-state index in [-0.39, 0.29) is 0 Å². The van der Waals surface area contributed by atoms with Crippen molar-refractivity contribution >= 4 is 11.3 Å². The number of aryl methyl sites for hydroxylation is 1. The smallest absolute Gasteiger partial charge is 0.0896 e. The largest absolute Gasteiger partial charge is 0.316 e. The van der Waals surface area contributed by atoms with E-state index in [1.54, 1.807) is 0 Å². The normalized spacial score (nSPS) is 12.5. The molecule has 19 heavy (non-hydrogen) atoms. The number of benzene rings is 1. The fraction of sp³-hybridized carbons (Fsp3) is 0.438. The van der Waals surface area contributed by atoms with E-state index in [0.717, 1.165) is 24.5 Å². The van der Waals surface area contributed by atoms with Crippen LogP contribution in [0.15, 0.2) is 36.5 Å². The summed E-state index contributed by atoms with van der Waals surface area (Å²) in [6, 6.07) is 10.8. The second-order valence-corrected chi connectivity index (χ2v) is 6.18. The number of nitrogens with zero attached hydrogens (tertiary/aromatic N) is 1. The minimum absolute atomic E-state index is 0.535. The van der Waals surface area contributed by atoms with E-state index in [1.165, 1.54) is 16.9 Å². The Kier molecular flexibility index (Phi) is 5.55. The third kappa shape index (κ3) is 4.44. The van der Waals surface area contributed by atoms with Gasteiger partial charge in [0.15, 0.2) is 0 Å². The molecule has 2 rings (SSSR count). The van der Waals surface area contributed by atoms with E-state index in [1.807, 2.05) is 17.5 Å². The number of hydrogen-bond acceptors (Lipinski definition) is 3. The van der Waals surface area contributed by atoms with Crippen LogP contribution in [-0.2, 0) is 6.42 Å². The minimum atomic E-state index is 0.535. The maximum Gasteiger partial charge on any atom is 0.0896 e. The first-order chi connectivity index (χ1) is 9.29. The van der Waals surface area contributed by atoms with Crippen LogP contribution in [-0.4, -0.2) is 18.1 Å². The number of rotatable bonds is 7. The second-order valence-electron chi connectivity index (χ2n) is 4.86. The lowest BCUT2D eigenvalue weighted by atomic mass is 9.95. The lowest BCUT2D eigenvalue weighted by Gasteiger charge is -2.17. The van der Waals surface area contributed by atoms with Crippen LogP contribution in [0, 0.1) is 6.92 Å². The molecule has 2 aromatic rings. The fourth-order valence-corrected chi connectivity index (χ4v) is 3.10. The highest BCUT2D eigenvalue weighted by atomic mass is 32.1. The van der Waals surface area contributed by atoms with Crippen molar-refractivity contribution in [3.05, 3.63) is 52.0 Å². The van der Waals surface area contributed by atoms with Crippen LogP contribution < -0.4 is 5.32 Å². The van der Waals surface area contributed by atoms with Gasteiger partial charge in [-0.05, 0) is 31.9 Å². The van der Waals surface area contributed by atoms with Gasteiger partial charge in [-0.25, -0.2) is 4.98 Å². The summed E-state index contributed by atoms with van der Waals surface area (Å²) in [5.41, 5.74) is 1.41. The van der Waals surface area contributed by atoms with Gasteiger partial charge in [0, 0.05) is 23.5 Å². The fourth-order valence-electron chi connectivity index (χ4n) is 2.23. The van der Waals surface area contributed by atoms with E-state index in [9.17, 15) is 0 Å². The minimum Gasteiger partial charge on any atom is -0.316 e. The Morgan fingerprint density at radius 3 is 2.68 bits per heavy atom. The molecule has 0 bridgehead atoms. The average Bonchev–Trinajstić information content (AvgIpc) is 2.84. The third-order valence-corrected chi connectivity index (χ3v) is 4.14. The maximum atomic E-state index is 4.36. The van der Waals surface area contributed by atoms with Gasteiger partial charge in [0.2, 0.25) is 0 Å². The lowest BCUT2D eigenvalue weighted by Crippen LogP contribution is -2.23. The Hall–Kier alpha value is -1.19. The summed E-state index contributed by atoms with van der Waals surface area (Å²) in [5, 5.41) is 4.70. The number of aromatic nitrogens is 1. The van der Waals surface area contributed by atoms with Gasteiger partial charge in [-0.1, -0.05) is 37.3 Å². The monoisotopic (exact) mass is 274 g/mol. The van der Waals surface area contributed by atoms with Gasteiger partial charge in [-0.15, -0.1) is 11.3 Å². The van der Waals surface area contributed by atoms with Crippen LogP contribution in [0.1, 0.15) is 34.7 Å². The van der Waals surface area contributed by atoms with Crippen molar-refractivity contribution in [3.63, 3.8) is 0 Å². The Morgan fingerprint density at radius 2 is 2.05 bits per heavy atom. The summed E-state index contributed by atoms with van der Waals surface area (Å²) < 4.78 is 0. The first-order valence-electron chi connectivity index (χ1n) is 6.96. The molecule has 1 N–H and O–H groups in total. The first kappa shape index (κ1) is 14.2. The van der Waals surface area contributed by atoms with E-state index >= 15 is 0 Å². The molecular weight excluding hydrogens is 252 g/mol. The molecule has 102 valence electrons. The molecule has 1 atom stereocenters. The van der Waals surface area contributed by atoms with Crippen LogP contribution in [0.4, 0.5) is 0 Å². The number of hydrogen-bond donors (Lipinski definition) is 1. The van der Waals surface area contributed by atoms with Gasteiger partial charge in [-0.3, -0.25) is 0 Å². The molecule has 0 saturated heterocycles. The summed E-state index contributed by atoms with van der Waals surface area (Å²) >= 11 is 1.81. The Balaban J connectivity index is 2.05. The summed E-state index contributed by atoms with van der Waals surface area (Å²) in [6.07, 6.45) is 4.28. The summed E-state index contributed by atoms with van der Waals surface area (Å²) in [4.78, 5) is 5.74. The quantitative estimate of drug-likeness (QED) is 0.777. The van der Waals surface area contributed by atoms with Gasteiger partial charge < -0.3 is 5.32 Å². The van der Waals surface area contributed by atoms with Crippen LogP contribution >= 0.6 is 11.3 Å². The lowest BCUT2D eigenvalue weighted by molar-refractivity contribution is 0.579. The molecule has 0 spiro atoms. The molecule has 0 aliphatic carbocycles. The molecule has 3 heteroatoms. The SMILES string of the molecule is CCCNCC(Cc1cnc(C)s1)c1ccccc1.